The lowest BCUT2D eigenvalue weighted by molar-refractivity contribution is -0.172. The van der Waals surface area contributed by atoms with Gasteiger partial charge in [-0.05, 0) is 49.7 Å². The number of aromatic nitrogens is 4. The van der Waals surface area contributed by atoms with Crippen molar-refractivity contribution in [1.29, 1.82) is 0 Å². The Bertz CT molecular complexity index is 1490. The number of amides is 1. The van der Waals surface area contributed by atoms with E-state index in [2.05, 4.69) is 20.3 Å². The summed E-state index contributed by atoms with van der Waals surface area (Å²) in [4.78, 5) is 26.3. The van der Waals surface area contributed by atoms with Crippen LogP contribution < -0.4 is 10.2 Å². The van der Waals surface area contributed by atoms with E-state index in [1.54, 1.807) is 6.20 Å². The SMILES string of the molecule is CCN(CC)[C@@H](C)CNC(=O)c1cc(-c2cnn3ccc(-c4cccs4)nc23)nc(N2CC(F)(F)C(F)(F)C2)c1. The zero-order chi connectivity index (χ0) is 28.7. The molecule has 1 atom stereocenters. The summed E-state index contributed by atoms with van der Waals surface area (Å²) in [5.74, 6) is -9.07. The highest BCUT2D eigenvalue weighted by Gasteiger charge is 2.63. The molecule has 0 aliphatic carbocycles. The fourth-order valence-corrected chi connectivity index (χ4v) is 5.50. The summed E-state index contributed by atoms with van der Waals surface area (Å²) in [6, 6.07) is 8.47. The van der Waals surface area contributed by atoms with E-state index in [9.17, 15) is 22.4 Å². The van der Waals surface area contributed by atoms with Crippen molar-refractivity contribution in [1.82, 2.24) is 29.8 Å². The van der Waals surface area contributed by atoms with Gasteiger partial charge in [-0.25, -0.2) is 14.5 Å². The van der Waals surface area contributed by atoms with Crippen LogP contribution in [0.3, 0.4) is 0 Å². The van der Waals surface area contributed by atoms with Crippen LogP contribution >= 0.6 is 11.3 Å². The van der Waals surface area contributed by atoms with E-state index < -0.39 is 30.8 Å². The summed E-state index contributed by atoms with van der Waals surface area (Å²) < 4.78 is 58.0. The zero-order valence-corrected chi connectivity index (χ0v) is 23.1. The van der Waals surface area contributed by atoms with Crippen LogP contribution in [0.1, 0.15) is 31.1 Å². The van der Waals surface area contributed by atoms with Gasteiger partial charge < -0.3 is 10.2 Å². The van der Waals surface area contributed by atoms with Gasteiger partial charge in [0, 0.05) is 24.3 Å². The molecule has 1 saturated heterocycles. The second kappa shape index (κ2) is 10.8. The van der Waals surface area contributed by atoms with E-state index in [0.717, 1.165) is 22.9 Å². The van der Waals surface area contributed by atoms with Gasteiger partial charge in [-0.3, -0.25) is 9.69 Å². The third kappa shape index (κ3) is 5.27. The number of nitrogens with zero attached hydrogens (tertiary/aromatic N) is 6. The maximum absolute atomic E-state index is 14.1. The molecule has 40 heavy (non-hydrogen) atoms. The van der Waals surface area contributed by atoms with Crippen molar-refractivity contribution in [3.63, 3.8) is 0 Å². The minimum Gasteiger partial charge on any atom is -0.350 e. The van der Waals surface area contributed by atoms with Crippen molar-refractivity contribution in [3.05, 3.63) is 53.7 Å². The molecule has 5 heterocycles. The Morgan fingerprint density at radius 3 is 2.48 bits per heavy atom. The van der Waals surface area contributed by atoms with Crippen LogP contribution in [-0.4, -0.2) is 81.0 Å². The summed E-state index contributed by atoms with van der Waals surface area (Å²) in [7, 11) is 0. The Labute approximate surface area is 232 Å². The Balaban J connectivity index is 1.54. The molecular formula is C27H29F4N7OS. The average molecular weight is 576 g/mol. The number of hydrogen-bond acceptors (Lipinski definition) is 7. The van der Waals surface area contributed by atoms with Crippen LogP contribution in [0.15, 0.2) is 48.1 Å². The van der Waals surface area contributed by atoms with Crippen molar-refractivity contribution in [2.45, 2.75) is 38.7 Å². The van der Waals surface area contributed by atoms with Gasteiger partial charge in [0.05, 0.1) is 41.1 Å². The smallest absolute Gasteiger partial charge is 0.329 e. The molecule has 5 rings (SSSR count). The van der Waals surface area contributed by atoms with Crippen molar-refractivity contribution in [2.24, 2.45) is 0 Å². The number of hydrogen-bond donors (Lipinski definition) is 1. The number of fused-ring (bicyclic) bond motifs is 1. The van der Waals surface area contributed by atoms with Gasteiger partial charge in [0.25, 0.3) is 5.91 Å². The Hall–Kier alpha value is -3.58. The summed E-state index contributed by atoms with van der Waals surface area (Å²) in [5.41, 5.74) is 1.88. The van der Waals surface area contributed by atoms with Crippen LogP contribution in [0.25, 0.3) is 27.5 Å². The molecule has 4 aromatic rings. The van der Waals surface area contributed by atoms with Crippen molar-refractivity contribution in [2.75, 3.05) is 37.6 Å². The monoisotopic (exact) mass is 575 g/mol. The molecule has 0 bridgehead atoms. The molecule has 0 spiro atoms. The quantitative estimate of drug-likeness (QED) is 0.281. The molecule has 0 radical (unpaired) electrons. The molecule has 0 unspecified atom stereocenters. The van der Waals surface area contributed by atoms with Gasteiger partial charge in [-0.15, -0.1) is 11.3 Å². The molecule has 13 heteroatoms. The largest absolute Gasteiger partial charge is 0.350 e. The molecule has 4 aromatic heterocycles. The number of pyridine rings is 1. The van der Waals surface area contributed by atoms with Crippen LogP contribution in [0, 0.1) is 0 Å². The van der Waals surface area contributed by atoms with Crippen LogP contribution in [0.4, 0.5) is 23.4 Å². The first-order chi connectivity index (χ1) is 19.0. The van der Waals surface area contributed by atoms with Gasteiger partial charge in [0.1, 0.15) is 5.82 Å². The van der Waals surface area contributed by atoms with Gasteiger partial charge in [0.2, 0.25) is 0 Å². The Morgan fingerprint density at radius 1 is 1.10 bits per heavy atom. The highest BCUT2D eigenvalue weighted by Crippen LogP contribution is 2.42. The van der Waals surface area contributed by atoms with Crippen molar-refractivity contribution < 1.29 is 22.4 Å². The predicted molar refractivity (Wildman–Crippen MR) is 146 cm³/mol. The molecule has 1 N–H and O–H groups in total. The highest BCUT2D eigenvalue weighted by atomic mass is 32.1. The normalized spacial score (nSPS) is 17.1. The first-order valence-electron chi connectivity index (χ1n) is 13.0. The van der Waals surface area contributed by atoms with Gasteiger partial charge in [-0.1, -0.05) is 19.9 Å². The number of halogens is 4. The van der Waals surface area contributed by atoms with Gasteiger partial charge in [-0.2, -0.15) is 22.7 Å². The topological polar surface area (TPSA) is 78.7 Å². The van der Waals surface area contributed by atoms with Gasteiger partial charge in [0.15, 0.2) is 5.65 Å². The fraction of sp³-hybridized carbons (Fsp3) is 0.407. The lowest BCUT2D eigenvalue weighted by atomic mass is 10.1. The lowest BCUT2D eigenvalue weighted by Crippen LogP contribution is -2.42. The molecule has 1 amide bonds. The van der Waals surface area contributed by atoms with Gasteiger partial charge >= 0.3 is 11.8 Å². The van der Waals surface area contributed by atoms with Crippen LogP contribution in [0.5, 0.6) is 0 Å². The second-order valence-electron chi connectivity index (χ2n) is 9.76. The number of likely N-dealkylation sites (N-methyl/N-ethyl adjacent to an activating group) is 1. The first kappa shape index (κ1) is 28.0. The molecule has 1 aliphatic rings. The standard InChI is InChI=1S/C27H29F4N7OS/c1-4-36(5-2)17(3)13-32-25(39)18-11-21(34-23(12-18)37-15-26(28,29)27(30,31)16-37)19-14-33-38-9-8-20(35-24(19)38)22-7-6-10-40-22/h6-12,14,17H,4-5,13,15-16H2,1-3H3,(H,32,39)/t17-/m0/s1. The predicted octanol–water partition coefficient (Wildman–Crippen LogP) is 5.07. The number of thiophene rings is 1. The summed E-state index contributed by atoms with van der Waals surface area (Å²) in [5, 5.41) is 9.13. The number of carbonyl (C=O) groups excluding carboxylic acids is 1. The molecule has 1 fully saturated rings. The third-order valence-corrected chi connectivity index (χ3v) is 8.02. The number of carbonyl (C=O) groups is 1. The van der Waals surface area contributed by atoms with E-state index in [-0.39, 0.29) is 23.1 Å². The molecule has 0 saturated carbocycles. The van der Waals surface area contributed by atoms with E-state index in [1.807, 2.05) is 44.4 Å². The fourth-order valence-electron chi connectivity index (χ4n) is 4.81. The molecule has 1 aliphatic heterocycles. The van der Waals surface area contributed by atoms with Crippen molar-refractivity contribution in [3.8, 4) is 21.8 Å². The first-order valence-corrected chi connectivity index (χ1v) is 13.8. The minimum absolute atomic E-state index is 0.0511. The Kier molecular flexibility index (Phi) is 7.53. The highest BCUT2D eigenvalue weighted by molar-refractivity contribution is 7.13. The number of alkyl halides is 4. The van der Waals surface area contributed by atoms with Crippen molar-refractivity contribution >= 4 is 28.7 Å². The van der Waals surface area contributed by atoms with Crippen LogP contribution in [0.2, 0.25) is 0 Å². The zero-order valence-electron chi connectivity index (χ0n) is 22.2. The maximum Gasteiger partial charge on any atom is 0.329 e. The number of anilines is 1. The molecule has 8 nitrogen and oxygen atoms in total. The average Bonchev–Trinajstić information content (AvgIpc) is 3.65. The second-order valence-corrected chi connectivity index (χ2v) is 10.7. The number of rotatable bonds is 9. The molecular weight excluding hydrogens is 546 g/mol. The molecule has 0 aromatic carbocycles. The summed E-state index contributed by atoms with van der Waals surface area (Å²) in [6.45, 7) is 5.57. The Morgan fingerprint density at radius 2 is 1.82 bits per heavy atom. The van der Waals surface area contributed by atoms with E-state index in [4.69, 9.17) is 4.98 Å². The summed E-state index contributed by atoms with van der Waals surface area (Å²) in [6.07, 6.45) is 3.23. The van der Waals surface area contributed by atoms with E-state index in [1.165, 1.54) is 34.2 Å². The molecule has 212 valence electrons. The summed E-state index contributed by atoms with van der Waals surface area (Å²) >= 11 is 1.51. The number of nitrogens with one attached hydrogen (secondary N) is 1. The lowest BCUT2D eigenvalue weighted by Gasteiger charge is -2.26. The van der Waals surface area contributed by atoms with Crippen LogP contribution in [-0.2, 0) is 0 Å². The minimum atomic E-state index is -4.23. The van der Waals surface area contributed by atoms with E-state index in [0.29, 0.717) is 23.4 Å². The third-order valence-electron chi connectivity index (χ3n) is 7.12. The maximum atomic E-state index is 14.1. The van der Waals surface area contributed by atoms with E-state index >= 15 is 0 Å².